The van der Waals surface area contributed by atoms with Crippen LogP contribution in [0.15, 0.2) is 16.5 Å². The lowest BCUT2D eigenvalue weighted by molar-refractivity contribution is 0.148. The zero-order valence-electron chi connectivity index (χ0n) is 10.8. The monoisotopic (exact) mass is 268 g/mol. The smallest absolute Gasteiger partial charge is 0.133 e. The van der Waals surface area contributed by atoms with Crippen molar-refractivity contribution in [3.8, 4) is 0 Å². The predicted octanol–water partition coefficient (Wildman–Crippen LogP) is 2.81. The average Bonchev–Trinajstić information content (AvgIpc) is 2.90. The van der Waals surface area contributed by atoms with Crippen LogP contribution in [0.4, 0.5) is 0 Å². The van der Waals surface area contributed by atoms with E-state index in [9.17, 15) is 5.11 Å². The van der Waals surface area contributed by atoms with Gasteiger partial charge in [0, 0.05) is 25.5 Å². The van der Waals surface area contributed by atoms with E-state index in [0.717, 1.165) is 23.4 Å². The van der Waals surface area contributed by atoms with Gasteiger partial charge in [0.1, 0.15) is 22.8 Å². The molecule has 0 aliphatic heterocycles. The molecule has 0 fully saturated rings. The molecule has 1 atom stereocenters. The van der Waals surface area contributed by atoms with Crippen LogP contribution in [0, 0.1) is 6.92 Å². The molecule has 0 bridgehead atoms. The van der Waals surface area contributed by atoms with Crippen molar-refractivity contribution in [1.29, 1.82) is 0 Å². The van der Waals surface area contributed by atoms with Crippen LogP contribution in [0.5, 0.6) is 0 Å². The third-order valence-electron chi connectivity index (χ3n) is 3.03. The maximum absolute atomic E-state index is 10.2. The van der Waals surface area contributed by atoms with Crippen molar-refractivity contribution < 1.29 is 9.52 Å². The normalized spacial score (nSPS) is 12.9. The number of aryl methyl sites for hydroxylation is 3. The molecule has 1 unspecified atom stereocenters. The van der Waals surface area contributed by atoms with Gasteiger partial charge in [-0.15, -0.1) is 0 Å². The third kappa shape index (κ3) is 2.44. The minimum Gasteiger partial charge on any atom is -0.463 e. The standard InChI is InChI=1S/C13H17ClN2O2/c1-4-9-5-6-12(18-9)11(17)7-10-8(2)15-16(3)13(10)14/h5-6,11,17H,4,7H2,1-3H3. The molecule has 4 nitrogen and oxygen atoms in total. The van der Waals surface area contributed by atoms with E-state index in [2.05, 4.69) is 5.10 Å². The van der Waals surface area contributed by atoms with Crippen LogP contribution in [-0.2, 0) is 19.9 Å². The fourth-order valence-electron chi connectivity index (χ4n) is 1.96. The molecule has 98 valence electrons. The van der Waals surface area contributed by atoms with Gasteiger partial charge >= 0.3 is 0 Å². The summed E-state index contributed by atoms with van der Waals surface area (Å²) in [5, 5.41) is 14.9. The van der Waals surface area contributed by atoms with Crippen molar-refractivity contribution in [2.75, 3.05) is 0 Å². The number of aliphatic hydroxyl groups excluding tert-OH is 1. The first-order chi connectivity index (χ1) is 8.52. The molecule has 0 saturated carbocycles. The Morgan fingerprint density at radius 1 is 1.50 bits per heavy atom. The maximum Gasteiger partial charge on any atom is 0.133 e. The summed E-state index contributed by atoms with van der Waals surface area (Å²) in [6.45, 7) is 3.89. The van der Waals surface area contributed by atoms with Crippen molar-refractivity contribution in [3.63, 3.8) is 0 Å². The van der Waals surface area contributed by atoms with Gasteiger partial charge in [0.25, 0.3) is 0 Å². The van der Waals surface area contributed by atoms with E-state index in [1.54, 1.807) is 11.7 Å². The molecule has 0 aliphatic rings. The zero-order chi connectivity index (χ0) is 13.3. The summed E-state index contributed by atoms with van der Waals surface area (Å²) in [7, 11) is 1.79. The quantitative estimate of drug-likeness (QED) is 0.928. The largest absolute Gasteiger partial charge is 0.463 e. The van der Waals surface area contributed by atoms with E-state index in [4.69, 9.17) is 16.0 Å². The number of aliphatic hydroxyl groups is 1. The van der Waals surface area contributed by atoms with Gasteiger partial charge in [-0.05, 0) is 19.1 Å². The summed E-state index contributed by atoms with van der Waals surface area (Å²) in [6.07, 6.45) is 0.542. The topological polar surface area (TPSA) is 51.2 Å². The molecule has 0 spiro atoms. The molecule has 18 heavy (non-hydrogen) atoms. The van der Waals surface area contributed by atoms with Gasteiger partial charge in [-0.3, -0.25) is 4.68 Å². The number of halogens is 1. The van der Waals surface area contributed by atoms with Crippen LogP contribution in [0.2, 0.25) is 5.15 Å². The van der Waals surface area contributed by atoms with Crippen LogP contribution in [0.3, 0.4) is 0 Å². The zero-order valence-corrected chi connectivity index (χ0v) is 11.5. The SMILES string of the molecule is CCc1ccc(C(O)Cc2c(C)nn(C)c2Cl)o1. The van der Waals surface area contributed by atoms with Gasteiger partial charge in [-0.2, -0.15) is 5.10 Å². The summed E-state index contributed by atoms with van der Waals surface area (Å²) in [6, 6.07) is 3.69. The van der Waals surface area contributed by atoms with Gasteiger partial charge in [0.05, 0.1) is 5.69 Å². The highest BCUT2D eigenvalue weighted by Gasteiger charge is 2.19. The summed E-state index contributed by atoms with van der Waals surface area (Å²) < 4.78 is 7.14. The minimum atomic E-state index is -0.689. The highest BCUT2D eigenvalue weighted by molar-refractivity contribution is 6.30. The molecule has 0 amide bonds. The lowest BCUT2D eigenvalue weighted by atomic mass is 10.1. The van der Waals surface area contributed by atoms with E-state index < -0.39 is 6.10 Å². The molecule has 0 aromatic carbocycles. The van der Waals surface area contributed by atoms with Crippen molar-refractivity contribution in [3.05, 3.63) is 40.1 Å². The Morgan fingerprint density at radius 3 is 2.72 bits per heavy atom. The highest BCUT2D eigenvalue weighted by Crippen LogP contribution is 2.26. The van der Waals surface area contributed by atoms with Crippen LogP contribution < -0.4 is 0 Å². The van der Waals surface area contributed by atoms with Gasteiger partial charge in [-0.1, -0.05) is 18.5 Å². The predicted molar refractivity (Wildman–Crippen MR) is 69.7 cm³/mol. The van der Waals surface area contributed by atoms with Crippen LogP contribution in [0.1, 0.15) is 35.8 Å². The first kappa shape index (κ1) is 13.2. The number of aromatic nitrogens is 2. The van der Waals surface area contributed by atoms with Crippen LogP contribution in [-0.4, -0.2) is 14.9 Å². The van der Waals surface area contributed by atoms with Crippen LogP contribution >= 0.6 is 11.6 Å². The molecule has 0 aliphatic carbocycles. The van der Waals surface area contributed by atoms with E-state index in [1.807, 2.05) is 26.0 Å². The molecule has 5 heteroatoms. The molecular formula is C13H17ClN2O2. The van der Waals surface area contributed by atoms with E-state index in [1.165, 1.54) is 0 Å². The number of nitrogens with zero attached hydrogens (tertiary/aromatic N) is 2. The Kier molecular flexibility index (Phi) is 3.78. The second-order valence-electron chi connectivity index (χ2n) is 4.36. The summed E-state index contributed by atoms with van der Waals surface area (Å²) in [5.74, 6) is 1.45. The number of rotatable bonds is 4. The molecule has 2 rings (SSSR count). The van der Waals surface area contributed by atoms with Crippen LogP contribution in [0.25, 0.3) is 0 Å². The molecule has 2 aromatic rings. The first-order valence-electron chi connectivity index (χ1n) is 5.97. The Morgan fingerprint density at radius 2 is 2.22 bits per heavy atom. The second-order valence-corrected chi connectivity index (χ2v) is 4.71. The molecule has 2 heterocycles. The molecule has 0 saturated heterocycles. The van der Waals surface area contributed by atoms with Crippen molar-refractivity contribution in [1.82, 2.24) is 9.78 Å². The number of hydrogen-bond donors (Lipinski definition) is 1. The van der Waals surface area contributed by atoms with Gasteiger partial charge in [-0.25, -0.2) is 0 Å². The molecule has 2 aromatic heterocycles. The van der Waals surface area contributed by atoms with E-state index >= 15 is 0 Å². The minimum absolute atomic E-state index is 0.412. The maximum atomic E-state index is 10.2. The summed E-state index contributed by atoms with van der Waals surface area (Å²) >= 11 is 6.14. The fraction of sp³-hybridized carbons (Fsp3) is 0.462. The van der Waals surface area contributed by atoms with E-state index in [0.29, 0.717) is 17.3 Å². The summed E-state index contributed by atoms with van der Waals surface area (Å²) in [5.41, 5.74) is 1.70. The van der Waals surface area contributed by atoms with Gasteiger partial charge in [0.15, 0.2) is 0 Å². The second kappa shape index (κ2) is 5.16. The Balaban J connectivity index is 2.18. The molecular weight excluding hydrogens is 252 g/mol. The van der Waals surface area contributed by atoms with Gasteiger partial charge < -0.3 is 9.52 Å². The van der Waals surface area contributed by atoms with E-state index in [-0.39, 0.29) is 0 Å². The lowest BCUT2D eigenvalue weighted by Gasteiger charge is -2.07. The Hall–Kier alpha value is -1.26. The van der Waals surface area contributed by atoms with Crippen molar-refractivity contribution in [2.45, 2.75) is 32.8 Å². The van der Waals surface area contributed by atoms with Crippen molar-refractivity contribution in [2.24, 2.45) is 7.05 Å². The number of hydrogen-bond acceptors (Lipinski definition) is 3. The highest BCUT2D eigenvalue weighted by atomic mass is 35.5. The Labute approximate surface area is 111 Å². The lowest BCUT2D eigenvalue weighted by Crippen LogP contribution is -2.01. The number of furan rings is 1. The average molecular weight is 269 g/mol. The molecule has 1 N–H and O–H groups in total. The van der Waals surface area contributed by atoms with Crippen molar-refractivity contribution >= 4 is 11.6 Å². The summed E-state index contributed by atoms with van der Waals surface area (Å²) in [4.78, 5) is 0. The first-order valence-corrected chi connectivity index (χ1v) is 6.35. The fourth-order valence-corrected chi connectivity index (χ4v) is 2.22. The van der Waals surface area contributed by atoms with Gasteiger partial charge in [0.2, 0.25) is 0 Å². The third-order valence-corrected chi connectivity index (χ3v) is 3.50. The Bertz CT molecular complexity index is 545. The molecule has 0 radical (unpaired) electrons.